The topological polar surface area (TPSA) is 126 Å². The fraction of sp³-hybridized carbons (Fsp3) is 0.206. The van der Waals surface area contributed by atoms with Crippen molar-refractivity contribution in [3.8, 4) is 12.3 Å². The molecule has 5 rings (SSSR count). The summed E-state index contributed by atoms with van der Waals surface area (Å²) in [5.74, 6) is 0.815. The number of amides is 1. The van der Waals surface area contributed by atoms with Crippen LogP contribution in [0.2, 0.25) is 0 Å². The molecule has 1 saturated heterocycles. The smallest absolute Gasteiger partial charge is 0.351 e. The molecular weight excluding hydrogens is 562 g/mol. The predicted octanol–water partition coefficient (Wildman–Crippen LogP) is 4.49. The quantitative estimate of drug-likeness (QED) is 0.235. The zero-order valence-electron chi connectivity index (χ0n) is 24.1. The van der Waals surface area contributed by atoms with Crippen LogP contribution in [0, 0.1) is 26.2 Å². The first-order valence-corrected chi connectivity index (χ1v) is 13.8. The Morgan fingerprint density at radius 2 is 1.55 bits per heavy atom. The van der Waals surface area contributed by atoms with E-state index in [-0.39, 0.29) is 12.2 Å². The summed E-state index contributed by atoms with van der Waals surface area (Å²) in [5, 5.41) is 2.59. The van der Waals surface area contributed by atoms with Crippen molar-refractivity contribution >= 4 is 23.7 Å². The van der Waals surface area contributed by atoms with Crippen LogP contribution in [-0.4, -0.2) is 45.7 Å². The molecule has 0 saturated carbocycles. The minimum atomic E-state index is -1.72. The number of carbonyl (C=O) groups is 3. The van der Waals surface area contributed by atoms with E-state index in [1.54, 1.807) is 78.9 Å². The molecule has 2 heterocycles. The second-order valence-electron chi connectivity index (χ2n) is 10.4. The zero-order chi connectivity index (χ0) is 31.3. The van der Waals surface area contributed by atoms with E-state index in [4.69, 9.17) is 20.6 Å². The highest BCUT2D eigenvalue weighted by molar-refractivity contribution is 6.03. The molecular formula is C34H29N3O7. The number of carbonyl (C=O) groups excluding carboxylic acids is 3. The average Bonchev–Trinajstić information content (AvgIpc) is 3.38. The Morgan fingerprint density at radius 3 is 2.14 bits per heavy atom. The number of aryl methyl sites for hydroxylation is 2. The minimum absolute atomic E-state index is 0.0377. The molecule has 3 atom stereocenters. The van der Waals surface area contributed by atoms with Crippen LogP contribution in [0.1, 0.15) is 54.8 Å². The van der Waals surface area contributed by atoms with Gasteiger partial charge in [-0.1, -0.05) is 59.5 Å². The largest absolute Gasteiger partial charge is 0.458 e. The van der Waals surface area contributed by atoms with Gasteiger partial charge in [0.1, 0.15) is 18.7 Å². The predicted molar refractivity (Wildman–Crippen MR) is 161 cm³/mol. The van der Waals surface area contributed by atoms with Gasteiger partial charge >= 0.3 is 17.6 Å². The number of ether oxygens (including phenoxy) is 3. The van der Waals surface area contributed by atoms with E-state index in [0.717, 1.165) is 11.1 Å². The van der Waals surface area contributed by atoms with Gasteiger partial charge in [0.25, 0.3) is 5.91 Å². The van der Waals surface area contributed by atoms with Crippen molar-refractivity contribution in [1.82, 2.24) is 9.55 Å². The van der Waals surface area contributed by atoms with E-state index in [9.17, 15) is 19.2 Å². The molecule has 10 nitrogen and oxygen atoms in total. The van der Waals surface area contributed by atoms with Crippen LogP contribution in [0.15, 0.2) is 95.9 Å². The maximum absolute atomic E-state index is 13.1. The number of nitrogens with one attached hydrogen (secondary N) is 1. The highest BCUT2D eigenvalue weighted by Crippen LogP contribution is 2.39. The van der Waals surface area contributed by atoms with Crippen molar-refractivity contribution in [1.29, 1.82) is 0 Å². The molecule has 1 aliphatic rings. The number of aromatic nitrogens is 2. The van der Waals surface area contributed by atoms with Crippen molar-refractivity contribution in [2.24, 2.45) is 0 Å². The molecule has 3 aromatic carbocycles. The van der Waals surface area contributed by atoms with E-state index < -0.39 is 48.1 Å². The lowest BCUT2D eigenvalue weighted by molar-refractivity contribution is -0.0984. The van der Waals surface area contributed by atoms with Crippen LogP contribution < -0.4 is 11.0 Å². The Hall–Kier alpha value is -5.53. The first-order chi connectivity index (χ1) is 21.2. The summed E-state index contributed by atoms with van der Waals surface area (Å²) in [7, 11) is 0. The molecule has 10 heteroatoms. The van der Waals surface area contributed by atoms with Crippen LogP contribution in [0.25, 0.3) is 0 Å². The second kappa shape index (κ2) is 12.8. The van der Waals surface area contributed by atoms with E-state index >= 15 is 0 Å². The molecule has 0 unspecified atom stereocenters. The molecule has 0 aliphatic carbocycles. The Kier molecular flexibility index (Phi) is 8.69. The van der Waals surface area contributed by atoms with Crippen molar-refractivity contribution < 1.29 is 28.6 Å². The first-order valence-electron chi connectivity index (χ1n) is 13.8. The lowest BCUT2D eigenvalue weighted by Gasteiger charge is -2.28. The van der Waals surface area contributed by atoms with E-state index in [1.165, 1.54) is 16.8 Å². The molecule has 222 valence electrons. The summed E-state index contributed by atoms with van der Waals surface area (Å²) in [6.07, 6.45) is 5.17. The molecule has 0 bridgehead atoms. The van der Waals surface area contributed by atoms with Crippen molar-refractivity contribution in [3.05, 3.63) is 129 Å². The number of hydrogen-bond acceptors (Lipinski definition) is 8. The summed E-state index contributed by atoms with van der Waals surface area (Å²) in [6, 6.07) is 23.5. The molecule has 1 aromatic heterocycles. The van der Waals surface area contributed by atoms with Crippen LogP contribution >= 0.6 is 0 Å². The minimum Gasteiger partial charge on any atom is -0.458 e. The number of nitrogens with zero attached hydrogens (tertiary/aromatic N) is 2. The van der Waals surface area contributed by atoms with E-state index in [2.05, 4.69) is 16.2 Å². The average molecular weight is 592 g/mol. The summed E-state index contributed by atoms with van der Waals surface area (Å²) in [5.41, 5.74) is 0.464. The van der Waals surface area contributed by atoms with Gasteiger partial charge in [-0.25, -0.2) is 14.4 Å². The van der Waals surface area contributed by atoms with Crippen molar-refractivity contribution in [2.45, 2.75) is 38.2 Å². The Balaban J connectivity index is 1.38. The molecule has 1 fully saturated rings. The molecule has 4 aromatic rings. The van der Waals surface area contributed by atoms with Gasteiger partial charge in [0.2, 0.25) is 5.60 Å². The first kappa shape index (κ1) is 29.9. The summed E-state index contributed by atoms with van der Waals surface area (Å²) >= 11 is 0. The van der Waals surface area contributed by atoms with Gasteiger partial charge < -0.3 is 19.5 Å². The second-order valence-corrected chi connectivity index (χ2v) is 10.4. The lowest BCUT2D eigenvalue weighted by atomic mass is 9.98. The Morgan fingerprint density at radius 1 is 0.932 bits per heavy atom. The van der Waals surface area contributed by atoms with Crippen molar-refractivity contribution in [3.63, 3.8) is 0 Å². The van der Waals surface area contributed by atoms with Gasteiger partial charge in [-0.2, -0.15) is 4.98 Å². The number of benzene rings is 3. The molecule has 1 N–H and O–H groups in total. The van der Waals surface area contributed by atoms with Gasteiger partial charge in [-0.05, 0) is 56.3 Å². The lowest BCUT2D eigenvalue weighted by Crippen LogP contribution is -2.45. The number of rotatable bonds is 8. The summed E-state index contributed by atoms with van der Waals surface area (Å²) < 4.78 is 18.7. The fourth-order valence-electron chi connectivity index (χ4n) is 4.66. The summed E-state index contributed by atoms with van der Waals surface area (Å²) in [6.45, 7) is 3.33. The molecule has 0 spiro atoms. The fourth-order valence-corrected chi connectivity index (χ4v) is 4.66. The summed E-state index contributed by atoms with van der Waals surface area (Å²) in [4.78, 5) is 55.5. The van der Waals surface area contributed by atoms with E-state index in [0.29, 0.717) is 16.7 Å². The molecule has 1 amide bonds. The van der Waals surface area contributed by atoms with Crippen LogP contribution in [0.3, 0.4) is 0 Å². The van der Waals surface area contributed by atoms with Crippen molar-refractivity contribution in [2.75, 3.05) is 11.9 Å². The highest BCUT2D eigenvalue weighted by atomic mass is 16.6. The van der Waals surface area contributed by atoms with Gasteiger partial charge in [0.15, 0.2) is 6.10 Å². The standard InChI is InChI=1S/C34H29N3O7/c1-4-34(21-42-31(39)25-14-10-22(2)11-15-25)27(43-32(40)26-16-12-23(3)13-17-26)20-29(44-34)37-19-18-28(36-33(37)41)35-30(38)24-8-6-5-7-9-24/h1,5-19,27,29H,20-21H2,2-3H3,(H,35,36,38,41)/t27-,29+,34+/m0/s1. The Bertz CT molecular complexity index is 1780. The number of anilines is 1. The SMILES string of the molecule is C#C[C@]1(COC(=O)c2ccc(C)cc2)O[C@@H](n2ccc(NC(=O)c3ccccc3)nc2=O)C[C@@H]1OC(=O)c1ccc(C)cc1. The maximum Gasteiger partial charge on any atom is 0.351 e. The molecule has 44 heavy (non-hydrogen) atoms. The third kappa shape index (κ3) is 6.59. The van der Waals surface area contributed by atoms with Gasteiger partial charge in [0.05, 0.1) is 11.1 Å². The normalized spacial score (nSPS) is 19.0. The molecule has 1 aliphatic heterocycles. The van der Waals surface area contributed by atoms with Crippen LogP contribution in [0.5, 0.6) is 0 Å². The zero-order valence-corrected chi connectivity index (χ0v) is 24.1. The third-order valence-corrected chi connectivity index (χ3v) is 7.19. The number of hydrogen-bond donors (Lipinski definition) is 1. The maximum atomic E-state index is 13.1. The van der Waals surface area contributed by atoms with E-state index in [1.807, 2.05) is 13.8 Å². The number of terminal acetylenes is 1. The molecule has 0 radical (unpaired) electrons. The Labute approximate surface area is 253 Å². The number of esters is 2. The van der Waals surface area contributed by atoms with Crippen LogP contribution in [-0.2, 0) is 14.2 Å². The van der Waals surface area contributed by atoms with Crippen LogP contribution in [0.4, 0.5) is 5.82 Å². The third-order valence-electron chi connectivity index (χ3n) is 7.19. The van der Waals surface area contributed by atoms with Gasteiger partial charge in [-0.3, -0.25) is 9.36 Å². The van der Waals surface area contributed by atoms with Gasteiger partial charge in [0, 0.05) is 18.2 Å². The monoisotopic (exact) mass is 591 g/mol. The van der Waals surface area contributed by atoms with Gasteiger partial charge in [-0.15, -0.1) is 6.42 Å². The highest BCUT2D eigenvalue weighted by Gasteiger charge is 2.52.